The molecule has 3 fully saturated rings. The van der Waals surface area contributed by atoms with Crippen molar-refractivity contribution in [2.75, 3.05) is 13.1 Å². The number of likely N-dealkylation sites (tertiary alicyclic amines) is 1. The predicted octanol–water partition coefficient (Wildman–Crippen LogP) is 3.50. The highest BCUT2D eigenvalue weighted by Gasteiger charge is 2.59. The van der Waals surface area contributed by atoms with E-state index in [9.17, 15) is 9.59 Å². The van der Waals surface area contributed by atoms with Crippen molar-refractivity contribution in [1.82, 2.24) is 14.5 Å². The molecule has 2 N–H and O–H groups in total. The number of hydrogen-bond acceptors (Lipinski definition) is 5. The Bertz CT molecular complexity index is 1080. The van der Waals surface area contributed by atoms with Crippen molar-refractivity contribution >= 4 is 28.6 Å². The van der Waals surface area contributed by atoms with E-state index in [0.717, 1.165) is 12.8 Å². The number of ether oxygens (including phenoxy) is 1. The first-order valence-electron chi connectivity index (χ1n) is 10.6. The van der Waals surface area contributed by atoms with E-state index >= 15 is 0 Å². The van der Waals surface area contributed by atoms with E-state index in [2.05, 4.69) is 0 Å². The first-order valence-corrected chi connectivity index (χ1v) is 11.0. The summed E-state index contributed by atoms with van der Waals surface area (Å²) in [5, 5.41) is 0.853. The highest BCUT2D eigenvalue weighted by molar-refractivity contribution is 6.35. The number of aromatic nitrogens is 2. The Labute approximate surface area is 180 Å². The van der Waals surface area contributed by atoms with Gasteiger partial charge in [0.25, 0.3) is 5.56 Å². The van der Waals surface area contributed by atoms with E-state index < -0.39 is 5.60 Å². The van der Waals surface area contributed by atoms with Crippen molar-refractivity contribution in [3.05, 3.63) is 39.4 Å². The molecule has 3 unspecified atom stereocenters. The fraction of sp³-hybridized carbons (Fsp3) is 0.591. The molecule has 0 bridgehead atoms. The van der Waals surface area contributed by atoms with E-state index in [1.807, 2.05) is 26.8 Å². The van der Waals surface area contributed by atoms with E-state index in [1.165, 1.54) is 0 Å². The molecule has 160 valence electrons. The van der Waals surface area contributed by atoms with Gasteiger partial charge in [-0.1, -0.05) is 17.7 Å². The van der Waals surface area contributed by atoms with Crippen LogP contribution in [-0.2, 0) is 4.74 Å². The average Bonchev–Trinajstić information content (AvgIpc) is 3.57. The van der Waals surface area contributed by atoms with Crippen LogP contribution in [-0.4, -0.2) is 39.2 Å². The summed E-state index contributed by atoms with van der Waals surface area (Å²) < 4.78 is 7.29. The molecule has 1 saturated heterocycles. The van der Waals surface area contributed by atoms with Crippen LogP contribution in [0.4, 0.5) is 4.79 Å². The molecule has 3 atom stereocenters. The monoisotopic (exact) mass is 430 g/mol. The summed E-state index contributed by atoms with van der Waals surface area (Å²) in [5.74, 6) is 1.45. The number of carbonyl (C=O) groups is 1. The van der Waals surface area contributed by atoms with Crippen molar-refractivity contribution in [2.24, 2.45) is 23.5 Å². The van der Waals surface area contributed by atoms with E-state index in [0.29, 0.717) is 40.8 Å². The van der Waals surface area contributed by atoms with E-state index in [-0.39, 0.29) is 35.6 Å². The largest absolute Gasteiger partial charge is 0.444 e. The molecule has 30 heavy (non-hydrogen) atoms. The zero-order valence-corrected chi connectivity index (χ0v) is 18.2. The second-order valence-electron chi connectivity index (χ2n) is 9.85. The van der Waals surface area contributed by atoms with Gasteiger partial charge in [-0.25, -0.2) is 9.78 Å². The first-order chi connectivity index (χ1) is 14.2. The Morgan fingerprint density at radius 2 is 1.93 bits per heavy atom. The van der Waals surface area contributed by atoms with Crippen molar-refractivity contribution in [3.8, 4) is 0 Å². The second-order valence-corrected chi connectivity index (χ2v) is 10.3. The molecule has 0 radical (unpaired) electrons. The maximum atomic E-state index is 13.5. The minimum Gasteiger partial charge on any atom is -0.444 e. The van der Waals surface area contributed by atoms with Gasteiger partial charge in [0.2, 0.25) is 0 Å². The molecule has 1 aromatic heterocycles. The number of nitrogens with two attached hydrogens (primary N) is 1. The standard InChI is InChI=1S/C22H27ClN4O3/c1-22(2,3)30-21(29)26-9-12-13(10-26)18(12)27-19(17(24)11-7-8-11)25-15-6-4-5-14(23)16(15)20(27)28/h4-6,11-13,17-18H,7-10,24H2,1-3H3. The molecular formula is C22H27ClN4O3. The summed E-state index contributed by atoms with van der Waals surface area (Å²) in [7, 11) is 0. The summed E-state index contributed by atoms with van der Waals surface area (Å²) >= 11 is 6.36. The number of rotatable bonds is 3. The topological polar surface area (TPSA) is 90.4 Å². The molecular weight excluding hydrogens is 404 g/mol. The molecule has 1 aliphatic heterocycles. The van der Waals surface area contributed by atoms with Crippen LogP contribution >= 0.6 is 11.6 Å². The van der Waals surface area contributed by atoms with Gasteiger partial charge in [0.05, 0.1) is 22.0 Å². The van der Waals surface area contributed by atoms with Gasteiger partial charge in [0.15, 0.2) is 0 Å². The van der Waals surface area contributed by atoms with Gasteiger partial charge in [-0.15, -0.1) is 0 Å². The zero-order valence-electron chi connectivity index (χ0n) is 17.5. The number of benzene rings is 1. The first kappa shape index (κ1) is 19.8. The van der Waals surface area contributed by atoms with Crippen LogP contribution in [0.25, 0.3) is 10.9 Å². The minimum atomic E-state index is -0.524. The lowest BCUT2D eigenvalue weighted by Gasteiger charge is -2.27. The van der Waals surface area contributed by atoms with Crippen molar-refractivity contribution in [3.63, 3.8) is 0 Å². The minimum absolute atomic E-state index is 0.00385. The van der Waals surface area contributed by atoms with E-state index in [1.54, 1.807) is 21.6 Å². The van der Waals surface area contributed by atoms with Crippen LogP contribution in [0.15, 0.2) is 23.0 Å². The van der Waals surface area contributed by atoms with Gasteiger partial charge in [-0.2, -0.15) is 0 Å². The molecule has 5 rings (SSSR count). The van der Waals surface area contributed by atoms with Gasteiger partial charge in [0.1, 0.15) is 11.4 Å². The van der Waals surface area contributed by atoms with Crippen LogP contribution in [0.2, 0.25) is 5.02 Å². The van der Waals surface area contributed by atoms with Gasteiger partial charge in [-0.3, -0.25) is 9.36 Å². The third-order valence-corrected chi connectivity index (χ3v) is 6.75. The quantitative estimate of drug-likeness (QED) is 0.804. The fourth-order valence-electron chi connectivity index (χ4n) is 4.76. The SMILES string of the molecule is CC(C)(C)OC(=O)N1CC2C(C1)C2n1c(C(N)C2CC2)nc2cccc(Cl)c2c1=O. The zero-order chi connectivity index (χ0) is 21.4. The second kappa shape index (κ2) is 6.69. The molecule has 2 heterocycles. The summed E-state index contributed by atoms with van der Waals surface area (Å²) in [6.07, 6.45) is 1.83. The van der Waals surface area contributed by atoms with Gasteiger partial charge in [0, 0.05) is 31.0 Å². The molecule has 3 aliphatic rings. The van der Waals surface area contributed by atoms with Gasteiger partial charge < -0.3 is 15.4 Å². The number of fused-ring (bicyclic) bond motifs is 2. The van der Waals surface area contributed by atoms with Crippen LogP contribution in [0.3, 0.4) is 0 Å². The van der Waals surface area contributed by atoms with E-state index in [4.69, 9.17) is 27.1 Å². The molecule has 7 nitrogen and oxygen atoms in total. The normalized spacial score (nSPS) is 26.6. The predicted molar refractivity (Wildman–Crippen MR) is 114 cm³/mol. The highest BCUT2D eigenvalue weighted by atomic mass is 35.5. The number of carbonyl (C=O) groups excluding carboxylic acids is 1. The Hall–Kier alpha value is -2.12. The van der Waals surface area contributed by atoms with Crippen LogP contribution in [0.5, 0.6) is 0 Å². The summed E-state index contributed by atoms with van der Waals surface area (Å²) in [4.78, 5) is 32.5. The van der Waals surface area contributed by atoms with Crippen LogP contribution in [0, 0.1) is 17.8 Å². The lowest BCUT2D eigenvalue weighted by molar-refractivity contribution is 0.0266. The average molecular weight is 431 g/mol. The van der Waals surface area contributed by atoms with Crippen LogP contribution < -0.4 is 11.3 Å². The number of piperidine rings is 1. The summed E-state index contributed by atoms with van der Waals surface area (Å²) in [6.45, 7) is 6.74. The summed E-state index contributed by atoms with van der Waals surface area (Å²) in [6, 6.07) is 5.08. The van der Waals surface area contributed by atoms with Crippen molar-refractivity contribution in [1.29, 1.82) is 0 Å². The highest BCUT2D eigenvalue weighted by Crippen LogP contribution is 2.56. The Morgan fingerprint density at radius 1 is 1.27 bits per heavy atom. The lowest BCUT2D eigenvalue weighted by Crippen LogP contribution is -2.38. The molecule has 1 amide bonds. The Morgan fingerprint density at radius 3 is 2.53 bits per heavy atom. The molecule has 1 aromatic carbocycles. The van der Waals surface area contributed by atoms with Gasteiger partial charge in [-0.05, 0) is 51.7 Å². The maximum absolute atomic E-state index is 13.5. The van der Waals surface area contributed by atoms with Crippen molar-refractivity contribution in [2.45, 2.75) is 51.3 Å². The number of hydrogen-bond donors (Lipinski definition) is 1. The molecule has 2 saturated carbocycles. The third kappa shape index (κ3) is 3.28. The van der Waals surface area contributed by atoms with Crippen LogP contribution in [0.1, 0.15) is 51.5 Å². The third-order valence-electron chi connectivity index (χ3n) is 6.43. The Kier molecular flexibility index (Phi) is 4.42. The maximum Gasteiger partial charge on any atom is 0.410 e. The summed E-state index contributed by atoms with van der Waals surface area (Å²) in [5.41, 5.74) is 6.46. The number of halogens is 1. The molecule has 2 aromatic rings. The Balaban J connectivity index is 1.48. The smallest absolute Gasteiger partial charge is 0.410 e. The van der Waals surface area contributed by atoms with Crippen molar-refractivity contribution < 1.29 is 9.53 Å². The lowest BCUT2D eigenvalue weighted by atomic mass is 10.1. The molecule has 0 spiro atoms. The number of nitrogens with zero attached hydrogens (tertiary/aromatic N) is 3. The molecule has 8 heteroatoms. The molecule has 2 aliphatic carbocycles. The van der Waals surface area contributed by atoms with Gasteiger partial charge >= 0.3 is 6.09 Å². The number of amides is 1. The fourth-order valence-corrected chi connectivity index (χ4v) is 5.01.